The van der Waals surface area contributed by atoms with Crippen molar-refractivity contribution >= 4 is 11.9 Å². The van der Waals surface area contributed by atoms with Gasteiger partial charge in [-0.05, 0) is 87.7 Å². The first-order valence-corrected chi connectivity index (χ1v) is 11.2. The topological polar surface area (TPSA) is 15.3 Å². The van der Waals surface area contributed by atoms with Gasteiger partial charge in [0.25, 0.3) is 0 Å². The van der Waals surface area contributed by atoms with Crippen molar-refractivity contribution in [3.05, 3.63) is 41.5 Å². The van der Waals surface area contributed by atoms with Crippen LogP contribution in [0.3, 0.4) is 0 Å². The number of hydrogen-bond donors (Lipinski definition) is 1. The number of nitrogens with one attached hydrogen (secondary N) is 1. The van der Waals surface area contributed by atoms with E-state index in [4.69, 9.17) is 0 Å². The van der Waals surface area contributed by atoms with E-state index < -0.39 is 5.92 Å². The number of alkyl halides is 2. The van der Waals surface area contributed by atoms with Crippen molar-refractivity contribution in [3.63, 3.8) is 0 Å². The number of hydrogen-bond acceptors (Lipinski definition) is 3. The Labute approximate surface area is 173 Å². The summed E-state index contributed by atoms with van der Waals surface area (Å²) < 4.78 is 28.9. The zero-order valence-electron chi connectivity index (χ0n) is 17.7. The van der Waals surface area contributed by atoms with Gasteiger partial charge in [-0.25, -0.2) is 13.1 Å². The van der Waals surface area contributed by atoms with Gasteiger partial charge < -0.3 is 5.32 Å². The molecular weight excluding hydrogens is 374 g/mol. The minimum absolute atomic E-state index is 0.0998. The average Bonchev–Trinajstić information content (AvgIpc) is 3.15. The molecule has 0 saturated carbocycles. The molecule has 2 unspecified atom stereocenters. The molecule has 0 aromatic heterocycles. The van der Waals surface area contributed by atoms with Crippen LogP contribution in [-0.2, 0) is 6.42 Å². The zero-order valence-corrected chi connectivity index (χ0v) is 18.5. The highest BCUT2D eigenvalue weighted by atomic mass is 32.2. The highest BCUT2D eigenvalue weighted by Gasteiger charge is 2.52. The molecule has 1 aliphatic carbocycles. The second-order valence-corrected chi connectivity index (χ2v) is 10.1. The molecule has 2 nitrogen and oxygen atoms in total. The van der Waals surface area contributed by atoms with E-state index in [1.807, 2.05) is 24.3 Å². The first kappa shape index (κ1) is 21.8. The number of allylic oxidation sites excluding steroid dienone is 2. The van der Waals surface area contributed by atoms with Gasteiger partial charge in [-0.3, -0.25) is 0 Å². The molecular formula is C23H34F2N2S. The molecule has 5 heteroatoms. The number of benzene rings is 1. The van der Waals surface area contributed by atoms with Crippen molar-refractivity contribution in [1.29, 1.82) is 0 Å². The monoisotopic (exact) mass is 408 g/mol. The molecule has 1 heterocycles. The van der Waals surface area contributed by atoms with Gasteiger partial charge in [-0.2, -0.15) is 0 Å². The maximum absolute atomic E-state index is 13.2. The molecule has 1 aliphatic heterocycles. The summed E-state index contributed by atoms with van der Waals surface area (Å²) in [6.45, 7) is 7.73. The number of likely N-dealkylation sites (N-methyl/N-ethyl adjacent to an activating group) is 1. The van der Waals surface area contributed by atoms with Crippen molar-refractivity contribution in [2.45, 2.75) is 75.7 Å². The summed E-state index contributed by atoms with van der Waals surface area (Å²) in [6, 6.07) is 7.64. The third-order valence-electron chi connectivity index (χ3n) is 6.83. The van der Waals surface area contributed by atoms with Crippen molar-refractivity contribution in [2.75, 3.05) is 20.1 Å². The van der Waals surface area contributed by atoms with Crippen LogP contribution in [0.4, 0.5) is 8.78 Å². The molecule has 1 aromatic carbocycles. The molecule has 1 saturated heterocycles. The van der Waals surface area contributed by atoms with Crippen LogP contribution in [0.1, 0.15) is 58.4 Å². The van der Waals surface area contributed by atoms with Crippen molar-refractivity contribution < 1.29 is 8.78 Å². The fraction of sp³-hybridized carbons (Fsp3) is 0.652. The molecule has 0 spiro atoms. The van der Waals surface area contributed by atoms with E-state index in [1.165, 1.54) is 12.8 Å². The normalized spacial score (nSPS) is 28.6. The Morgan fingerprint density at radius 2 is 1.93 bits per heavy atom. The SMILES string of the molecule is CCC1=CCC(C)(C2(N(C)Sc3ccc(CC(C)(F)F)cc3)CCNC2)CC1. The Morgan fingerprint density at radius 3 is 2.43 bits per heavy atom. The van der Waals surface area contributed by atoms with E-state index in [0.29, 0.717) is 5.56 Å². The highest BCUT2D eigenvalue weighted by molar-refractivity contribution is 7.97. The number of rotatable bonds is 7. The van der Waals surface area contributed by atoms with Crippen molar-refractivity contribution in [2.24, 2.45) is 5.41 Å². The van der Waals surface area contributed by atoms with Crippen molar-refractivity contribution in [3.8, 4) is 0 Å². The lowest BCUT2D eigenvalue weighted by Crippen LogP contribution is -2.57. The second-order valence-electron chi connectivity index (χ2n) is 8.92. The Bertz CT molecular complexity index is 690. The van der Waals surface area contributed by atoms with Gasteiger partial charge in [0, 0.05) is 17.9 Å². The van der Waals surface area contributed by atoms with Crippen LogP contribution in [-0.4, -0.2) is 35.9 Å². The zero-order chi connectivity index (χ0) is 20.4. The quantitative estimate of drug-likeness (QED) is 0.435. The molecule has 1 fully saturated rings. The fourth-order valence-corrected chi connectivity index (χ4v) is 5.99. The summed E-state index contributed by atoms with van der Waals surface area (Å²) in [4.78, 5) is 1.11. The van der Waals surface area contributed by atoms with Crippen LogP contribution in [0.15, 0.2) is 40.8 Å². The van der Waals surface area contributed by atoms with Crippen LogP contribution >= 0.6 is 11.9 Å². The molecule has 0 amide bonds. The molecule has 2 aliphatic rings. The molecule has 1 N–H and O–H groups in total. The second kappa shape index (κ2) is 8.45. The van der Waals surface area contributed by atoms with Crippen LogP contribution in [0.25, 0.3) is 0 Å². The van der Waals surface area contributed by atoms with Gasteiger partial charge in [0.15, 0.2) is 0 Å². The van der Waals surface area contributed by atoms with E-state index >= 15 is 0 Å². The van der Waals surface area contributed by atoms with E-state index in [0.717, 1.165) is 44.2 Å². The third kappa shape index (κ3) is 4.63. The molecule has 0 bridgehead atoms. The molecule has 2 atom stereocenters. The maximum atomic E-state index is 13.2. The first-order chi connectivity index (χ1) is 13.2. The largest absolute Gasteiger partial charge is 0.315 e. The lowest BCUT2D eigenvalue weighted by Gasteiger charge is -2.52. The summed E-state index contributed by atoms with van der Waals surface area (Å²) in [5, 5.41) is 3.60. The molecule has 1 aromatic rings. The Balaban J connectivity index is 1.75. The minimum atomic E-state index is -2.66. The van der Waals surface area contributed by atoms with Gasteiger partial charge in [0.05, 0.1) is 5.54 Å². The predicted molar refractivity (Wildman–Crippen MR) is 115 cm³/mol. The Hall–Kier alpha value is -0.910. The predicted octanol–water partition coefficient (Wildman–Crippen LogP) is 6.08. The average molecular weight is 409 g/mol. The lowest BCUT2D eigenvalue weighted by atomic mass is 9.62. The Kier molecular flexibility index (Phi) is 6.58. The molecule has 28 heavy (non-hydrogen) atoms. The first-order valence-electron chi connectivity index (χ1n) is 10.4. The Morgan fingerprint density at radius 1 is 1.21 bits per heavy atom. The fourth-order valence-electron chi connectivity index (χ4n) is 4.87. The maximum Gasteiger partial charge on any atom is 0.249 e. The summed E-state index contributed by atoms with van der Waals surface area (Å²) in [7, 11) is 2.20. The smallest absolute Gasteiger partial charge is 0.249 e. The van der Waals surface area contributed by atoms with Crippen LogP contribution < -0.4 is 5.32 Å². The minimum Gasteiger partial charge on any atom is -0.315 e. The van der Waals surface area contributed by atoms with Gasteiger partial charge in [-0.15, -0.1) is 0 Å². The van der Waals surface area contributed by atoms with Gasteiger partial charge in [0.1, 0.15) is 0 Å². The van der Waals surface area contributed by atoms with Gasteiger partial charge in [-0.1, -0.05) is 37.6 Å². The third-order valence-corrected chi connectivity index (χ3v) is 7.94. The highest BCUT2D eigenvalue weighted by Crippen LogP contribution is 2.51. The summed E-state index contributed by atoms with van der Waals surface area (Å²) >= 11 is 1.75. The molecule has 3 rings (SSSR count). The van der Waals surface area contributed by atoms with Crippen LogP contribution in [0.5, 0.6) is 0 Å². The molecule has 0 radical (unpaired) electrons. The number of halogens is 2. The number of nitrogens with zero attached hydrogens (tertiary/aromatic N) is 1. The van der Waals surface area contributed by atoms with E-state index in [-0.39, 0.29) is 17.4 Å². The lowest BCUT2D eigenvalue weighted by molar-refractivity contribution is 0.0226. The van der Waals surface area contributed by atoms with Gasteiger partial charge >= 0.3 is 0 Å². The summed E-state index contributed by atoms with van der Waals surface area (Å²) in [6.07, 6.45) is 8.13. The standard InChI is InChI=1S/C23H34F2N2S/c1-5-18-10-12-21(2,13-11-18)23(14-15-26-17-23)27(4)28-20-8-6-19(7-9-20)16-22(3,24)25/h6-10,26H,5,11-17H2,1-4H3. The summed E-state index contributed by atoms with van der Waals surface area (Å²) in [5.74, 6) is -2.66. The van der Waals surface area contributed by atoms with Gasteiger partial charge in [0.2, 0.25) is 5.92 Å². The van der Waals surface area contributed by atoms with E-state index in [2.05, 4.69) is 36.6 Å². The van der Waals surface area contributed by atoms with Crippen LogP contribution in [0, 0.1) is 5.41 Å². The van der Waals surface area contributed by atoms with E-state index in [1.54, 1.807) is 17.5 Å². The van der Waals surface area contributed by atoms with E-state index in [9.17, 15) is 8.78 Å². The van der Waals surface area contributed by atoms with Crippen molar-refractivity contribution in [1.82, 2.24) is 9.62 Å². The van der Waals surface area contributed by atoms with Crippen LogP contribution in [0.2, 0.25) is 0 Å². The summed E-state index contributed by atoms with van der Waals surface area (Å²) in [5.41, 5.74) is 2.62. The molecule has 156 valence electrons.